The summed E-state index contributed by atoms with van der Waals surface area (Å²) in [5.74, 6) is -1.01. The highest BCUT2D eigenvalue weighted by Gasteiger charge is 2.42. The Bertz CT molecular complexity index is 1180. The molecule has 0 radical (unpaired) electrons. The van der Waals surface area contributed by atoms with Crippen molar-refractivity contribution in [1.29, 1.82) is 0 Å². The number of nitrogens with zero attached hydrogens (tertiary/aromatic N) is 5. The Hall–Kier alpha value is -3.07. The van der Waals surface area contributed by atoms with Crippen LogP contribution in [0, 0.1) is 0 Å². The number of hydrazine groups is 2. The minimum atomic E-state index is -4.87. The van der Waals surface area contributed by atoms with E-state index in [1.165, 1.54) is 12.1 Å². The van der Waals surface area contributed by atoms with Crippen LogP contribution in [-0.2, 0) is 16.2 Å². The molecule has 0 saturated carbocycles. The van der Waals surface area contributed by atoms with E-state index in [1.807, 2.05) is 11.1 Å². The largest absolute Gasteiger partial charge is 0.434 e. The molecule has 0 bridgehead atoms. The van der Waals surface area contributed by atoms with Gasteiger partial charge in [-0.1, -0.05) is 6.08 Å². The fourth-order valence-electron chi connectivity index (χ4n) is 3.85. The number of hydrogen-bond donors (Lipinski definition) is 2. The van der Waals surface area contributed by atoms with Crippen molar-refractivity contribution in [3.8, 4) is 0 Å². The van der Waals surface area contributed by atoms with Gasteiger partial charge in [0.05, 0.1) is 17.4 Å². The van der Waals surface area contributed by atoms with Crippen molar-refractivity contribution in [2.24, 2.45) is 5.14 Å². The number of nitrogens with two attached hydrogens (primary N) is 1. The van der Waals surface area contributed by atoms with Gasteiger partial charge >= 0.3 is 6.18 Å². The second-order valence-corrected chi connectivity index (χ2v) is 8.89. The van der Waals surface area contributed by atoms with E-state index >= 15 is 0 Å². The molecule has 10 nitrogen and oxygen atoms in total. The molecular formula is C19H20F3N7O3S. The second kappa shape index (κ2) is 8.70. The van der Waals surface area contributed by atoms with Crippen molar-refractivity contribution in [3.05, 3.63) is 60.2 Å². The van der Waals surface area contributed by atoms with E-state index in [0.29, 0.717) is 25.9 Å². The Morgan fingerprint density at radius 1 is 1.24 bits per heavy atom. The topological polar surface area (TPSA) is 125 Å². The lowest BCUT2D eigenvalue weighted by atomic mass is 10.1. The highest BCUT2D eigenvalue weighted by molar-refractivity contribution is 7.89. The molecule has 2 aliphatic rings. The summed E-state index contributed by atoms with van der Waals surface area (Å²) >= 11 is 0. The average Bonchev–Trinajstić information content (AvgIpc) is 3.45. The van der Waals surface area contributed by atoms with Crippen LogP contribution < -0.4 is 15.6 Å². The number of nitrogens with one attached hydrogen (secondary N) is 1. The number of sulfonamides is 1. The second-order valence-electron chi connectivity index (χ2n) is 7.38. The fraction of sp³-hybridized carbons (Fsp3) is 0.316. The van der Waals surface area contributed by atoms with Crippen molar-refractivity contribution >= 4 is 21.6 Å². The number of anilines is 1. The molecule has 1 amide bonds. The van der Waals surface area contributed by atoms with E-state index in [2.05, 4.69) is 15.4 Å². The maximum absolute atomic E-state index is 13.6. The van der Waals surface area contributed by atoms with Crippen molar-refractivity contribution in [1.82, 2.24) is 25.4 Å². The lowest BCUT2D eigenvalue weighted by Crippen LogP contribution is -2.57. The Morgan fingerprint density at radius 3 is 2.70 bits per heavy atom. The molecule has 0 aromatic carbocycles. The molecule has 1 atom stereocenters. The molecule has 2 aliphatic heterocycles. The smallest absolute Gasteiger partial charge is 0.325 e. The molecule has 33 heavy (non-hydrogen) atoms. The van der Waals surface area contributed by atoms with E-state index in [4.69, 9.17) is 5.14 Å². The number of aromatic nitrogens is 2. The SMILES string of the molecule is NS(=O)(=O)c1cc(N(C(=O)c2cccnc2C(F)(F)F)N2CCCC2N2CC=CN2)ccn1. The van der Waals surface area contributed by atoms with Crippen LogP contribution in [0.4, 0.5) is 18.9 Å². The van der Waals surface area contributed by atoms with Crippen molar-refractivity contribution in [2.75, 3.05) is 18.1 Å². The molecule has 2 aromatic heterocycles. The van der Waals surface area contributed by atoms with E-state index in [9.17, 15) is 26.4 Å². The number of halogens is 3. The lowest BCUT2D eigenvalue weighted by Gasteiger charge is -2.39. The number of primary sulfonamides is 1. The number of amides is 1. The number of carbonyl (C=O) groups is 1. The van der Waals surface area contributed by atoms with E-state index in [0.717, 1.165) is 29.5 Å². The third kappa shape index (κ3) is 4.68. The normalized spacial score (nSPS) is 19.6. The highest BCUT2D eigenvalue weighted by atomic mass is 32.2. The number of pyridine rings is 2. The summed E-state index contributed by atoms with van der Waals surface area (Å²) in [4.78, 5) is 20.7. The Kier molecular flexibility index (Phi) is 6.09. The zero-order valence-corrected chi connectivity index (χ0v) is 17.9. The van der Waals surface area contributed by atoms with Crippen molar-refractivity contribution < 1.29 is 26.4 Å². The molecule has 4 heterocycles. The van der Waals surface area contributed by atoms with Gasteiger partial charge in [0.15, 0.2) is 10.7 Å². The Morgan fingerprint density at radius 2 is 2.03 bits per heavy atom. The number of carbonyl (C=O) groups excluding carboxylic acids is 1. The van der Waals surface area contributed by atoms with Gasteiger partial charge < -0.3 is 5.43 Å². The van der Waals surface area contributed by atoms with Crippen LogP contribution in [0.2, 0.25) is 0 Å². The van der Waals surface area contributed by atoms with Gasteiger partial charge in [0.25, 0.3) is 15.9 Å². The minimum absolute atomic E-state index is 0.00931. The van der Waals surface area contributed by atoms with Crippen LogP contribution in [0.15, 0.2) is 54.0 Å². The third-order valence-corrected chi connectivity index (χ3v) is 6.03. The van der Waals surface area contributed by atoms with Crippen LogP contribution in [0.3, 0.4) is 0 Å². The maximum atomic E-state index is 13.6. The Balaban J connectivity index is 1.83. The summed E-state index contributed by atoms with van der Waals surface area (Å²) in [6.45, 7) is 0.853. The molecule has 4 rings (SSSR count). The molecule has 1 saturated heterocycles. The van der Waals surface area contributed by atoms with Crippen LogP contribution in [-0.4, -0.2) is 53.6 Å². The third-order valence-electron chi connectivity index (χ3n) is 5.22. The molecule has 176 valence electrons. The van der Waals surface area contributed by atoms with E-state index in [-0.39, 0.29) is 11.9 Å². The molecule has 1 fully saturated rings. The first-order chi connectivity index (χ1) is 15.6. The molecule has 0 spiro atoms. The monoisotopic (exact) mass is 483 g/mol. The summed E-state index contributed by atoms with van der Waals surface area (Å²) in [5.41, 5.74) is 1.04. The van der Waals surface area contributed by atoms with Crippen LogP contribution >= 0.6 is 0 Å². The molecule has 0 aliphatic carbocycles. The highest BCUT2D eigenvalue weighted by Crippen LogP contribution is 2.34. The van der Waals surface area contributed by atoms with Gasteiger partial charge in [-0.25, -0.2) is 28.6 Å². The van der Waals surface area contributed by atoms with Gasteiger partial charge in [-0.15, -0.1) is 0 Å². The molecule has 3 N–H and O–H groups in total. The molecule has 2 aromatic rings. The quantitative estimate of drug-likeness (QED) is 0.655. The zero-order valence-electron chi connectivity index (χ0n) is 17.1. The molecular weight excluding hydrogens is 463 g/mol. The number of rotatable bonds is 5. The Labute approximate surface area is 187 Å². The first-order valence-electron chi connectivity index (χ1n) is 9.87. The van der Waals surface area contributed by atoms with Crippen molar-refractivity contribution in [3.63, 3.8) is 0 Å². The summed E-state index contributed by atoms with van der Waals surface area (Å²) < 4.78 is 64.5. The maximum Gasteiger partial charge on any atom is 0.434 e. The van der Waals surface area contributed by atoms with Crippen LogP contribution in [0.5, 0.6) is 0 Å². The average molecular weight is 483 g/mol. The summed E-state index contributed by atoms with van der Waals surface area (Å²) in [6.07, 6.45) is 1.67. The van der Waals surface area contributed by atoms with Gasteiger partial charge in [-0.2, -0.15) is 18.2 Å². The van der Waals surface area contributed by atoms with Gasteiger partial charge in [0.2, 0.25) is 0 Å². The first kappa shape index (κ1) is 23.1. The standard InChI is InChI=1S/C19H20F3N7O3S/c20-19(21,22)17-14(4-1-7-25-17)18(30)29(13-6-9-24-15(12-13)33(23,31)32)28-11-2-5-16(28)27-10-3-8-26-27/h1,3-4,6-9,12,16,26H,2,5,10-11H2,(H2,23,31,32). The van der Waals surface area contributed by atoms with Gasteiger partial charge in [-0.3, -0.25) is 9.78 Å². The lowest BCUT2D eigenvalue weighted by molar-refractivity contribution is -0.141. The minimum Gasteiger partial charge on any atom is -0.325 e. The fourth-order valence-corrected chi connectivity index (χ4v) is 4.34. The van der Waals surface area contributed by atoms with Gasteiger partial charge in [0.1, 0.15) is 0 Å². The van der Waals surface area contributed by atoms with Crippen molar-refractivity contribution in [2.45, 2.75) is 30.2 Å². The summed E-state index contributed by atoms with van der Waals surface area (Å²) in [6, 6.07) is 4.66. The van der Waals surface area contributed by atoms with E-state index in [1.54, 1.807) is 11.2 Å². The van der Waals surface area contributed by atoms with Crippen LogP contribution in [0.1, 0.15) is 28.9 Å². The molecule has 1 unspecified atom stereocenters. The molecule has 14 heteroatoms. The van der Waals surface area contributed by atoms with Gasteiger partial charge in [0, 0.05) is 37.7 Å². The number of alkyl halides is 3. The summed E-state index contributed by atoms with van der Waals surface area (Å²) in [5, 5.41) is 9.12. The van der Waals surface area contributed by atoms with Crippen LogP contribution in [0.25, 0.3) is 0 Å². The zero-order chi connectivity index (χ0) is 23.8. The first-order valence-corrected chi connectivity index (χ1v) is 11.4. The number of hydrogen-bond acceptors (Lipinski definition) is 8. The van der Waals surface area contributed by atoms with E-state index < -0.39 is 38.4 Å². The predicted octanol–water partition coefficient (Wildman–Crippen LogP) is 1.46. The van der Waals surface area contributed by atoms with Gasteiger partial charge in [-0.05, 0) is 31.0 Å². The summed E-state index contributed by atoms with van der Waals surface area (Å²) in [7, 11) is -4.23. The predicted molar refractivity (Wildman–Crippen MR) is 110 cm³/mol.